The van der Waals surface area contributed by atoms with Gasteiger partial charge in [0, 0.05) is 0 Å². The normalized spacial score (nSPS) is 17.4. The Hall–Kier alpha value is -1.20. The zero-order chi connectivity index (χ0) is 26.4. The molecule has 0 aliphatic heterocycles. The minimum atomic E-state index is -1.05. The molecule has 4 nitrogen and oxygen atoms in total. The first kappa shape index (κ1) is 32.8. The van der Waals surface area contributed by atoms with E-state index in [-0.39, 0.29) is 0 Å². The lowest BCUT2D eigenvalue weighted by molar-refractivity contribution is -0.0691. The van der Waals surface area contributed by atoms with Crippen molar-refractivity contribution in [1.29, 1.82) is 0 Å². The maximum atomic E-state index is 10.5. The second-order valence-corrected chi connectivity index (χ2v) is 11.2. The van der Waals surface area contributed by atoms with Crippen molar-refractivity contribution in [2.24, 2.45) is 0 Å². The second kappa shape index (κ2) is 16.5. The third kappa shape index (κ3) is 16.4. The highest BCUT2D eigenvalue weighted by molar-refractivity contribution is 5.06. The van der Waals surface area contributed by atoms with E-state index in [4.69, 9.17) is 0 Å². The fourth-order valence-corrected chi connectivity index (χ4v) is 3.72. The number of aliphatic hydroxyl groups is 4. The smallest absolute Gasteiger partial charge is 0.0880 e. The summed E-state index contributed by atoms with van der Waals surface area (Å²) in [5.41, 5.74) is 3.05. The quantitative estimate of drug-likeness (QED) is 0.135. The van der Waals surface area contributed by atoms with E-state index in [1.54, 1.807) is 20.8 Å². The number of unbranched alkanes of at least 4 members (excludes halogenated alkanes) is 1. The van der Waals surface area contributed by atoms with Gasteiger partial charge >= 0.3 is 0 Å². The number of hydrogen-bond acceptors (Lipinski definition) is 4. The van der Waals surface area contributed by atoms with E-state index in [1.165, 1.54) is 22.3 Å². The van der Waals surface area contributed by atoms with Crippen LogP contribution in [0.2, 0.25) is 0 Å². The first-order chi connectivity index (χ1) is 15.6. The molecule has 34 heavy (non-hydrogen) atoms. The van der Waals surface area contributed by atoms with E-state index in [1.807, 2.05) is 13.8 Å². The Bertz CT molecular complexity index is 685. The predicted octanol–water partition coefficient (Wildman–Crippen LogP) is 6.94. The van der Waals surface area contributed by atoms with Gasteiger partial charge in [0.15, 0.2) is 0 Å². The molecule has 0 radical (unpaired) electrons. The maximum absolute atomic E-state index is 10.5. The Kier molecular flexibility index (Phi) is 15.9. The van der Waals surface area contributed by atoms with Crippen LogP contribution >= 0.6 is 0 Å². The fraction of sp³-hybridized carbons (Fsp3) is 0.733. The van der Waals surface area contributed by atoms with Crippen molar-refractivity contribution in [2.75, 3.05) is 0 Å². The summed E-state index contributed by atoms with van der Waals surface area (Å²) in [4.78, 5) is 0. The molecule has 198 valence electrons. The predicted molar refractivity (Wildman–Crippen MR) is 146 cm³/mol. The summed E-state index contributed by atoms with van der Waals surface area (Å²) in [7, 11) is 0. The standard InChI is InChI=1S/C30H54O4/c1-23(2)13-12-22-30(8,34)28(32)21-19-25(4)15-10-9-14-24(3)16-11-17-26(5)18-20-27(31)29(6,7)33/h13-15,17,27-28,31-34H,9-12,16,18-22H2,1-8H3/b24-14+,25-15+,26-17+/t27-,28+,30-/m1/s1. The molecule has 3 atom stereocenters. The topological polar surface area (TPSA) is 80.9 Å². The molecule has 0 amide bonds. The molecule has 0 aromatic heterocycles. The summed E-state index contributed by atoms with van der Waals surface area (Å²) in [5, 5.41) is 40.7. The van der Waals surface area contributed by atoms with E-state index >= 15 is 0 Å². The lowest BCUT2D eigenvalue weighted by Gasteiger charge is -2.29. The molecule has 0 unspecified atom stereocenters. The van der Waals surface area contributed by atoms with Gasteiger partial charge in [-0.3, -0.25) is 0 Å². The molecule has 4 heteroatoms. The Morgan fingerprint density at radius 2 is 1.06 bits per heavy atom. The molecule has 0 aromatic carbocycles. The highest BCUT2D eigenvalue weighted by atomic mass is 16.3. The number of aliphatic hydroxyl groups excluding tert-OH is 2. The van der Waals surface area contributed by atoms with Crippen molar-refractivity contribution in [1.82, 2.24) is 0 Å². The fourth-order valence-electron chi connectivity index (χ4n) is 3.72. The highest BCUT2D eigenvalue weighted by Crippen LogP contribution is 2.23. The zero-order valence-corrected chi connectivity index (χ0v) is 23.3. The van der Waals surface area contributed by atoms with Crippen LogP contribution in [0.25, 0.3) is 0 Å². The molecular formula is C30H54O4. The van der Waals surface area contributed by atoms with Crippen molar-refractivity contribution >= 4 is 0 Å². The molecule has 0 saturated heterocycles. The monoisotopic (exact) mass is 478 g/mol. The average Bonchev–Trinajstić information content (AvgIpc) is 2.72. The third-order valence-corrected chi connectivity index (χ3v) is 6.54. The van der Waals surface area contributed by atoms with E-state index in [2.05, 4.69) is 45.1 Å². The van der Waals surface area contributed by atoms with Crippen molar-refractivity contribution in [3.63, 3.8) is 0 Å². The highest BCUT2D eigenvalue weighted by Gasteiger charge is 2.29. The molecule has 0 aromatic rings. The Morgan fingerprint density at radius 3 is 1.53 bits per heavy atom. The SMILES string of the molecule is CC(C)=CCC[C@@](C)(O)[C@@H](O)CC/C(C)=C/CC/C=C(\C)CC/C=C(\C)CC[C@@H](O)C(C)(C)O. The summed E-state index contributed by atoms with van der Waals surface area (Å²) in [6, 6.07) is 0. The summed E-state index contributed by atoms with van der Waals surface area (Å²) < 4.78 is 0. The van der Waals surface area contributed by atoms with Gasteiger partial charge in [0.25, 0.3) is 0 Å². The largest absolute Gasteiger partial charge is 0.390 e. The van der Waals surface area contributed by atoms with Gasteiger partial charge in [-0.1, -0.05) is 46.6 Å². The van der Waals surface area contributed by atoms with Gasteiger partial charge in [0.1, 0.15) is 0 Å². The third-order valence-electron chi connectivity index (χ3n) is 6.54. The molecule has 0 aliphatic rings. The zero-order valence-electron chi connectivity index (χ0n) is 23.3. The van der Waals surface area contributed by atoms with Crippen LogP contribution in [-0.2, 0) is 0 Å². The van der Waals surface area contributed by atoms with E-state index < -0.39 is 23.4 Å². The lowest BCUT2D eigenvalue weighted by Crippen LogP contribution is -2.39. The van der Waals surface area contributed by atoms with E-state index in [9.17, 15) is 20.4 Å². The van der Waals surface area contributed by atoms with E-state index in [0.717, 1.165) is 44.9 Å². The van der Waals surface area contributed by atoms with Crippen LogP contribution in [0.3, 0.4) is 0 Å². The second-order valence-electron chi connectivity index (χ2n) is 11.2. The van der Waals surface area contributed by atoms with Crippen LogP contribution in [0.5, 0.6) is 0 Å². The Labute approximate surface area is 210 Å². The number of hydrogen-bond donors (Lipinski definition) is 4. The molecule has 0 aliphatic carbocycles. The minimum Gasteiger partial charge on any atom is -0.390 e. The molecule has 0 fully saturated rings. The average molecular weight is 479 g/mol. The number of rotatable bonds is 17. The summed E-state index contributed by atoms with van der Waals surface area (Å²) >= 11 is 0. The first-order valence-electron chi connectivity index (χ1n) is 13.1. The van der Waals surface area contributed by atoms with Crippen LogP contribution in [0, 0.1) is 0 Å². The molecular weight excluding hydrogens is 424 g/mol. The van der Waals surface area contributed by atoms with Crippen molar-refractivity contribution in [2.45, 2.75) is 143 Å². The van der Waals surface area contributed by atoms with Crippen LogP contribution < -0.4 is 0 Å². The summed E-state index contributed by atoms with van der Waals surface area (Å²) in [6.07, 6.45) is 15.6. The van der Waals surface area contributed by atoms with Gasteiger partial charge in [0.2, 0.25) is 0 Å². The van der Waals surface area contributed by atoms with Crippen molar-refractivity contribution < 1.29 is 20.4 Å². The van der Waals surface area contributed by atoms with Crippen LogP contribution in [-0.4, -0.2) is 43.8 Å². The van der Waals surface area contributed by atoms with Gasteiger partial charge in [-0.2, -0.15) is 0 Å². The molecule has 0 saturated carbocycles. The Morgan fingerprint density at radius 1 is 0.618 bits per heavy atom. The first-order valence-corrected chi connectivity index (χ1v) is 13.1. The van der Waals surface area contributed by atoms with Gasteiger partial charge in [-0.15, -0.1) is 0 Å². The maximum Gasteiger partial charge on any atom is 0.0880 e. The molecule has 0 heterocycles. The Balaban J connectivity index is 4.26. The van der Waals surface area contributed by atoms with Crippen molar-refractivity contribution in [3.05, 3.63) is 46.6 Å². The minimum absolute atomic E-state index is 0.573. The van der Waals surface area contributed by atoms with Crippen LogP contribution in [0.15, 0.2) is 46.6 Å². The molecule has 0 spiro atoms. The van der Waals surface area contributed by atoms with Gasteiger partial charge < -0.3 is 20.4 Å². The summed E-state index contributed by atoms with van der Waals surface area (Å²) in [5.74, 6) is 0. The molecule has 0 bridgehead atoms. The molecule has 0 rings (SSSR count). The van der Waals surface area contributed by atoms with Crippen molar-refractivity contribution in [3.8, 4) is 0 Å². The molecule has 4 N–H and O–H groups in total. The summed E-state index contributed by atoms with van der Waals surface area (Å²) in [6.45, 7) is 15.5. The number of allylic oxidation sites excluding steroid dienone is 8. The van der Waals surface area contributed by atoms with Gasteiger partial charge in [-0.25, -0.2) is 0 Å². The van der Waals surface area contributed by atoms with E-state index in [0.29, 0.717) is 19.3 Å². The van der Waals surface area contributed by atoms with Crippen LogP contribution in [0.1, 0.15) is 120 Å². The van der Waals surface area contributed by atoms with Gasteiger partial charge in [0.05, 0.1) is 23.4 Å². The van der Waals surface area contributed by atoms with Gasteiger partial charge in [-0.05, 0) is 120 Å². The van der Waals surface area contributed by atoms with Crippen LogP contribution in [0.4, 0.5) is 0 Å². The lowest BCUT2D eigenvalue weighted by atomic mass is 9.89.